The lowest BCUT2D eigenvalue weighted by Gasteiger charge is -2.46. The molecule has 56 heavy (non-hydrogen) atoms. The molecule has 4 aliphatic heterocycles. The van der Waals surface area contributed by atoms with Crippen LogP contribution in [0.25, 0.3) is 0 Å². The van der Waals surface area contributed by atoms with E-state index in [2.05, 4.69) is 15.5 Å². The molecule has 0 aliphatic carbocycles. The van der Waals surface area contributed by atoms with Gasteiger partial charge < -0.3 is 34.9 Å². The molecule has 4 heterocycles. The van der Waals surface area contributed by atoms with Crippen LogP contribution in [0.2, 0.25) is 0 Å². The third kappa shape index (κ3) is 5.90. The second-order valence-electron chi connectivity index (χ2n) is 14.5. The number of aliphatic hydroxyl groups excluding tert-OH is 1. The molecule has 11 heteroatoms. The van der Waals surface area contributed by atoms with E-state index in [-0.39, 0.29) is 13.2 Å². The molecule has 0 radical (unpaired) electrons. The molecule has 9 rings (SSSR count). The fraction of sp³-hybridized carbons (Fsp3) is 0.267. The van der Waals surface area contributed by atoms with Crippen LogP contribution >= 0.6 is 0 Å². The third-order valence-corrected chi connectivity index (χ3v) is 11.6. The topological polar surface area (TPSA) is 130 Å². The van der Waals surface area contributed by atoms with Crippen molar-refractivity contribution in [3.63, 3.8) is 0 Å². The summed E-state index contributed by atoms with van der Waals surface area (Å²) in [4.78, 5) is 49.8. The summed E-state index contributed by atoms with van der Waals surface area (Å²) in [5.41, 5.74) is 3.27. The Hall–Kier alpha value is -6.01. The zero-order chi connectivity index (χ0) is 38.2. The monoisotopic (exact) mass is 750 g/mol. The van der Waals surface area contributed by atoms with E-state index >= 15 is 9.59 Å². The summed E-state index contributed by atoms with van der Waals surface area (Å²) in [7, 11) is 0. The van der Waals surface area contributed by atoms with Gasteiger partial charge in [0, 0.05) is 35.7 Å². The number of hydrogen-bond acceptors (Lipinski definition) is 9. The van der Waals surface area contributed by atoms with E-state index < -0.39 is 53.3 Å². The van der Waals surface area contributed by atoms with Gasteiger partial charge in [-0.3, -0.25) is 19.3 Å². The first-order valence-corrected chi connectivity index (χ1v) is 19.1. The molecule has 5 aromatic rings. The lowest BCUT2D eigenvalue weighted by molar-refractivity contribution is -0.177. The second kappa shape index (κ2) is 14.9. The van der Waals surface area contributed by atoms with E-state index in [9.17, 15) is 9.90 Å². The van der Waals surface area contributed by atoms with Gasteiger partial charge in [-0.25, -0.2) is 0 Å². The summed E-state index contributed by atoms with van der Waals surface area (Å²) in [6.07, 6.45) is -0.790. The Labute approximate surface area is 324 Å². The number of para-hydroxylation sites is 2. The number of ether oxygens (including phenoxy) is 3. The molecule has 0 bridgehead atoms. The van der Waals surface area contributed by atoms with Crippen molar-refractivity contribution >= 4 is 34.8 Å². The van der Waals surface area contributed by atoms with Gasteiger partial charge in [0.2, 0.25) is 11.8 Å². The number of rotatable bonds is 9. The van der Waals surface area contributed by atoms with Gasteiger partial charge in [-0.2, -0.15) is 0 Å². The molecule has 6 atom stereocenters. The summed E-state index contributed by atoms with van der Waals surface area (Å²) in [5, 5.41) is 16.1. The molecule has 0 saturated carbocycles. The number of hydrogen-bond donors (Lipinski definition) is 3. The molecule has 3 fully saturated rings. The van der Waals surface area contributed by atoms with Crippen LogP contribution in [0.1, 0.15) is 40.4 Å². The van der Waals surface area contributed by atoms with Crippen molar-refractivity contribution in [2.24, 2.45) is 5.92 Å². The van der Waals surface area contributed by atoms with Crippen LogP contribution < -0.4 is 20.3 Å². The number of cyclic esters (lactones) is 1. The highest BCUT2D eigenvalue weighted by Crippen LogP contribution is 2.65. The van der Waals surface area contributed by atoms with E-state index in [0.29, 0.717) is 41.5 Å². The maximum Gasteiger partial charge on any atom is 0.324 e. The maximum absolute atomic E-state index is 15.3. The highest BCUT2D eigenvalue weighted by Gasteiger charge is 2.74. The lowest BCUT2D eigenvalue weighted by Crippen LogP contribution is -2.53. The minimum absolute atomic E-state index is 0.00407. The first-order chi connectivity index (χ1) is 27.5. The maximum atomic E-state index is 15.3. The molecule has 0 aromatic heterocycles. The van der Waals surface area contributed by atoms with Gasteiger partial charge >= 0.3 is 5.97 Å². The average Bonchev–Trinajstić information content (AvgIpc) is 3.73. The zero-order valence-electron chi connectivity index (χ0n) is 30.6. The number of carbonyl (C=O) groups is 3. The molecule has 0 unspecified atom stereocenters. The van der Waals surface area contributed by atoms with E-state index in [1.807, 2.05) is 132 Å². The van der Waals surface area contributed by atoms with Crippen molar-refractivity contribution in [2.75, 3.05) is 55.1 Å². The van der Waals surface area contributed by atoms with Gasteiger partial charge in [0.05, 0.1) is 37.8 Å². The normalized spacial score (nSPS) is 25.6. The summed E-state index contributed by atoms with van der Waals surface area (Å²) in [6.45, 7) is 2.59. The Morgan fingerprint density at radius 1 is 0.804 bits per heavy atom. The van der Waals surface area contributed by atoms with Gasteiger partial charge in [-0.15, -0.1) is 0 Å². The number of nitrogens with one attached hydrogen (secondary N) is 2. The van der Waals surface area contributed by atoms with Gasteiger partial charge in [-0.1, -0.05) is 97.1 Å². The van der Waals surface area contributed by atoms with E-state index in [4.69, 9.17) is 14.2 Å². The Balaban J connectivity index is 1.26. The van der Waals surface area contributed by atoms with Crippen LogP contribution in [0.3, 0.4) is 0 Å². The highest BCUT2D eigenvalue weighted by atomic mass is 16.6. The minimum atomic E-state index is -1.64. The summed E-state index contributed by atoms with van der Waals surface area (Å²) >= 11 is 0. The number of anilines is 3. The van der Waals surface area contributed by atoms with Crippen molar-refractivity contribution in [3.8, 4) is 5.75 Å². The van der Waals surface area contributed by atoms with Gasteiger partial charge in [0.25, 0.3) is 0 Å². The average molecular weight is 751 g/mol. The smallest absolute Gasteiger partial charge is 0.324 e. The number of benzene rings is 5. The molecule has 284 valence electrons. The molecular formula is C45H42N4O7. The number of esters is 1. The summed E-state index contributed by atoms with van der Waals surface area (Å²) in [6, 6.07) is 38.9. The Morgan fingerprint density at radius 2 is 1.46 bits per heavy atom. The standard InChI is InChI=1S/C45H42N4O7/c50-25-28-55-36-18-10-7-15-33(36)41-45(34-16-8-9-17-35(34)47-44(45)53)37(42(51)46-31-19-21-32(22-20-31)48-23-26-54-27-24-48)39-43(52)56-40(30-13-5-2-6-14-30)38(49(39)41)29-11-3-1-4-12-29/h1-22,37-41,50H,23-28H2,(H,46,51)(H,47,53)/t37-,38-,39-,40+,41+,45-/m0/s1. The lowest BCUT2D eigenvalue weighted by atomic mass is 9.65. The first kappa shape index (κ1) is 35.7. The van der Waals surface area contributed by atoms with Crippen LogP contribution in [-0.4, -0.2) is 73.3 Å². The third-order valence-electron chi connectivity index (χ3n) is 11.6. The van der Waals surface area contributed by atoms with Crippen molar-refractivity contribution in [3.05, 3.63) is 156 Å². The molecule has 3 N–H and O–H groups in total. The van der Waals surface area contributed by atoms with Crippen LogP contribution in [0.5, 0.6) is 5.75 Å². The van der Waals surface area contributed by atoms with E-state index in [1.54, 1.807) is 6.07 Å². The van der Waals surface area contributed by atoms with Gasteiger partial charge in [-0.05, 0) is 53.1 Å². The second-order valence-corrected chi connectivity index (χ2v) is 14.5. The van der Waals surface area contributed by atoms with Crippen molar-refractivity contribution in [2.45, 2.75) is 29.6 Å². The zero-order valence-corrected chi connectivity index (χ0v) is 30.6. The van der Waals surface area contributed by atoms with Gasteiger partial charge in [0.1, 0.15) is 29.9 Å². The quantitative estimate of drug-likeness (QED) is 0.160. The Bertz CT molecular complexity index is 2230. The number of nitrogens with zero attached hydrogens (tertiary/aromatic N) is 2. The van der Waals surface area contributed by atoms with Crippen LogP contribution in [0.15, 0.2) is 133 Å². The number of carbonyl (C=O) groups excluding carboxylic acids is 3. The Kier molecular flexibility index (Phi) is 9.50. The van der Waals surface area contributed by atoms with Crippen LogP contribution in [-0.2, 0) is 29.3 Å². The highest BCUT2D eigenvalue weighted by molar-refractivity contribution is 6.13. The molecular weight excluding hydrogens is 709 g/mol. The molecule has 11 nitrogen and oxygen atoms in total. The minimum Gasteiger partial charge on any atom is -0.491 e. The number of morpholine rings is 2. The van der Waals surface area contributed by atoms with Crippen molar-refractivity contribution in [1.82, 2.24) is 4.90 Å². The molecule has 3 saturated heterocycles. The Morgan fingerprint density at radius 3 is 2.20 bits per heavy atom. The van der Waals surface area contributed by atoms with Crippen LogP contribution in [0, 0.1) is 5.92 Å². The molecule has 5 aromatic carbocycles. The number of amides is 2. The van der Waals surface area contributed by atoms with Crippen LogP contribution in [0.4, 0.5) is 17.1 Å². The molecule has 2 amide bonds. The SMILES string of the molecule is O=C1O[C@H](c2ccccc2)[C@H](c2ccccc2)N2[C@H]1[C@@H](C(=O)Nc1ccc(N3CCOCC3)cc1)[C@]1(C(=O)Nc3ccccc31)[C@H]2c1ccccc1OCCO. The van der Waals surface area contributed by atoms with Crippen molar-refractivity contribution in [1.29, 1.82) is 0 Å². The molecule has 4 aliphatic rings. The fourth-order valence-electron chi connectivity index (χ4n) is 9.31. The summed E-state index contributed by atoms with van der Waals surface area (Å²) < 4.78 is 18.2. The van der Waals surface area contributed by atoms with E-state index in [0.717, 1.165) is 29.9 Å². The number of aliphatic hydroxyl groups is 1. The first-order valence-electron chi connectivity index (χ1n) is 19.1. The fourth-order valence-corrected chi connectivity index (χ4v) is 9.31. The van der Waals surface area contributed by atoms with Gasteiger partial charge in [0.15, 0.2) is 0 Å². The molecule has 1 spiro atoms. The largest absolute Gasteiger partial charge is 0.491 e. The predicted octanol–water partition coefficient (Wildman–Crippen LogP) is 5.80. The van der Waals surface area contributed by atoms with Crippen molar-refractivity contribution < 1.29 is 33.7 Å². The predicted molar refractivity (Wildman–Crippen MR) is 210 cm³/mol. The summed E-state index contributed by atoms with van der Waals surface area (Å²) in [5.74, 6) is -2.35. The number of fused-ring (bicyclic) bond motifs is 3. The van der Waals surface area contributed by atoms with E-state index in [1.165, 1.54) is 0 Å².